The maximum absolute atomic E-state index is 12.2. The molecule has 6 nitrogen and oxygen atoms in total. The third-order valence-corrected chi connectivity index (χ3v) is 2.80. The van der Waals surface area contributed by atoms with E-state index in [0.29, 0.717) is 23.9 Å². The molecule has 20 heavy (non-hydrogen) atoms. The van der Waals surface area contributed by atoms with E-state index in [1.807, 2.05) is 6.92 Å². The molecule has 0 aliphatic carbocycles. The molecule has 1 amide bonds. The molecule has 0 atom stereocenters. The van der Waals surface area contributed by atoms with Gasteiger partial charge in [-0.1, -0.05) is 0 Å². The summed E-state index contributed by atoms with van der Waals surface area (Å²) in [6, 6.07) is 6.45. The molecule has 0 unspecified atom stereocenters. The molecule has 2 heterocycles. The van der Waals surface area contributed by atoms with Crippen molar-refractivity contribution in [2.24, 2.45) is 5.73 Å². The molecule has 0 saturated heterocycles. The minimum atomic E-state index is -0.755. The van der Waals surface area contributed by atoms with Crippen molar-refractivity contribution < 1.29 is 9.53 Å². The zero-order valence-corrected chi connectivity index (χ0v) is 11.3. The number of aromatic nitrogens is 2. The normalized spacial score (nSPS) is 10.3. The molecule has 2 aromatic heterocycles. The fraction of sp³-hybridized carbons (Fsp3) is 0.214. The highest BCUT2D eigenvalue weighted by atomic mass is 16.5. The van der Waals surface area contributed by atoms with Gasteiger partial charge in [-0.15, -0.1) is 0 Å². The van der Waals surface area contributed by atoms with E-state index < -0.39 is 11.5 Å². The van der Waals surface area contributed by atoms with Gasteiger partial charge in [0.1, 0.15) is 17.1 Å². The summed E-state index contributed by atoms with van der Waals surface area (Å²) in [6.07, 6.45) is 1.53. The van der Waals surface area contributed by atoms with Crippen LogP contribution in [0.25, 0.3) is 5.82 Å². The number of pyridine rings is 2. The zero-order valence-electron chi connectivity index (χ0n) is 11.3. The van der Waals surface area contributed by atoms with Gasteiger partial charge in [0.25, 0.3) is 11.5 Å². The number of carbonyl (C=O) groups is 1. The lowest BCUT2D eigenvalue weighted by atomic mass is 10.2. The Labute approximate surface area is 115 Å². The van der Waals surface area contributed by atoms with Crippen molar-refractivity contribution in [3.63, 3.8) is 0 Å². The summed E-state index contributed by atoms with van der Waals surface area (Å²) in [6.45, 7) is 4.17. The van der Waals surface area contributed by atoms with Crippen molar-refractivity contribution in [2.45, 2.75) is 13.8 Å². The van der Waals surface area contributed by atoms with Crippen LogP contribution in [0.3, 0.4) is 0 Å². The molecule has 104 valence electrons. The van der Waals surface area contributed by atoms with Crippen LogP contribution in [0, 0.1) is 6.92 Å². The standard InChI is InChI=1S/C14H15N3O3/c1-3-20-10-5-7-12(16-8-10)17-9(2)4-6-11(13(15)18)14(17)19/h4-8H,3H2,1-2H3,(H2,15,18). The van der Waals surface area contributed by atoms with Crippen molar-refractivity contribution in [1.82, 2.24) is 9.55 Å². The number of nitrogens with zero attached hydrogens (tertiary/aromatic N) is 2. The average Bonchev–Trinajstić information content (AvgIpc) is 2.40. The second kappa shape index (κ2) is 5.56. The number of hydrogen-bond donors (Lipinski definition) is 1. The van der Waals surface area contributed by atoms with E-state index in [4.69, 9.17) is 10.5 Å². The highest BCUT2D eigenvalue weighted by Gasteiger charge is 2.12. The molecule has 0 bridgehead atoms. The number of aryl methyl sites for hydroxylation is 1. The van der Waals surface area contributed by atoms with Gasteiger partial charge in [-0.2, -0.15) is 0 Å². The monoisotopic (exact) mass is 273 g/mol. The molecule has 6 heteroatoms. The van der Waals surface area contributed by atoms with Gasteiger partial charge in [-0.05, 0) is 38.1 Å². The van der Waals surface area contributed by atoms with Gasteiger partial charge in [0.15, 0.2) is 0 Å². The molecule has 0 spiro atoms. The molecule has 0 aliphatic rings. The quantitative estimate of drug-likeness (QED) is 0.901. The second-order valence-corrected chi connectivity index (χ2v) is 4.18. The molecule has 2 aromatic rings. The highest BCUT2D eigenvalue weighted by Crippen LogP contribution is 2.12. The predicted octanol–water partition coefficient (Wildman–Crippen LogP) is 1.04. The van der Waals surface area contributed by atoms with Crippen LogP contribution in [0.2, 0.25) is 0 Å². The number of ether oxygens (including phenoxy) is 1. The maximum atomic E-state index is 12.2. The summed E-state index contributed by atoms with van der Waals surface area (Å²) >= 11 is 0. The van der Waals surface area contributed by atoms with Gasteiger partial charge >= 0.3 is 0 Å². The Morgan fingerprint density at radius 1 is 1.35 bits per heavy atom. The predicted molar refractivity (Wildman–Crippen MR) is 74.3 cm³/mol. The number of primary amides is 1. The molecular formula is C14H15N3O3. The minimum Gasteiger partial charge on any atom is -0.492 e. The first-order chi connectivity index (χ1) is 9.54. The summed E-state index contributed by atoms with van der Waals surface area (Å²) < 4.78 is 6.64. The van der Waals surface area contributed by atoms with Crippen LogP contribution in [0.4, 0.5) is 0 Å². The molecular weight excluding hydrogens is 258 g/mol. The number of nitrogens with two attached hydrogens (primary N) is 1. The van der Waals surface area contributed by atoms with Crippen LogP contribution in [-0.2, 0) is 0 Å². The van der Waals surface area contributed by atoms with Gasteiger partial charge in [-0.25, -0.2) is 4.98 Å². The Hall–Kier alpha value is -2.63. The van der Waals surface area contributed by atoms with Crippen LogP contribution in [0.15, 0.2) is 35.3 Å². The van der Waals surface area contributed by atoms with E-state index in [9.17, 15) is 9.59 Å². The Morgan fingerprint density at radius 3 is 2.65 bits per heavy atom. The Morgan fingerprint density at radius 2 is 2.10 bits per heavy atom. The number of amides is 1. The third-order valence-electron chi connectivity index (χ3n) is 2.80. The highest BCUT2D eigenvalue weighted by molar-refractivity contribution is 5.92. The van der Waals surface area contributed by atoms with Crippen molar-refractivity contribution in [2.75, 3.05) is 6.61 Å². The molecule has 0 radical (unpaired) electrons. The van der Waals surface area contributed by atoms with Gasteiger partial charge in [0.05, 0.1) is 12.8 Å². The lowest BCUT2D eigenvalue weighted by molar-refractivity contribution is 0.0998. The van der Waals surface area contributed by atoms with Gasteiger partial charge in [0, 0.05) is 5.69 Å². The molecule has 2 N–H and O–H groups in total. The van der Waals surface area contributed by atoms with Crippen LogP contribution < -0.4 is 16.0 Å². The maximum Gasteiger partial charge on any atom is 0.269 e. The minimum absolute atomic E-state index is 0.0636. The van der Waals surface area contributed by atoms with E-state index in [2.05, 4.69) is 4.98 Å². The van der Waals surface area contributed by atoms with Gasteiger partial charge in [-0.3, -0.25) is 14.2 Å². The van der Waals surface area contributed by atoms with E-state index in [1.165, 1.54) is 16.8 Å². The Bertz CT molecular complexity index is 690. The largest absolute Gasteiger partial charge is 0.492 e. The van der Waals surface area contributed by atoms with Crippen LogP contribution in [0.1, 0.15) is 23.0 Å². The summed E-state index contributed by atoms with van der Waals surface area (Å²) in [5.41, 5.74) is 5.30. The van der Waals surface area contributed by atoms with Gasteiger partial charge in [0.2, 0.25) is 0 Å². The number of carbonyl (C=O) groups excluding carboxylic acids is 1. The van der Waals surface area contributed by atoms with Crippen LogP contribution in [-0.4, -0.2) is 22.1 Å². The fourth-order valence-electron chi connectivity index (χ4n) is 1.86. The van der Waals surface area contributed by atoms with Crippen molar-refractivity contribution in [3.8, 4) is 11.6 Å². The smallest absolute Gasteiger partial charge is 0.269 e. The molecule has 0 aromatic carbocycles. The van der Waals surface area contributed by atoms with E-state index in [1.54, 1.807) is 25.1 Å². The average molecular weight is 273 g/mol. The molecule has 2 rings (SSSR count). The van der Waals surface area contributed by atoms with E-state index >= 15 is 0 Å². The van der Waals surface area contributed by atoms with Crippen molar-refractivity contribution in [3.05, 3.63) is 52.1 Å². The molecule has 0 aliphatic heterocycles. The SMILES string of the molecule is CCOc1ccc(-n2c(C)ccc(C(N)=O)c2=O)nc1. The van der Waals surface area contributed by atoms with Crippen molar-refractivity contribution in [1.29, 1.82) is 0 Å². The first-order valence-electron chi connectivity index (χ1n) is 6.16. The van der Waals surface area contributed by atoms with Crippen molar-refractivity contribution >= 4 is 5.91 Å². The summed E-state index contributed by atoms with van der Waals surface area (Å²) in [5.74, 6) is 0.279. The summed E-state index contributed by atoms with van der Waals surface area (Å²) in [7, 11) is 0. The number of rotatable bonds is 4. The first-order valence-corrected chi connectivity index (χ1v) is 6.16. The second-order valence-electron chi connectivity index (χ2n) is 4.18. The van der Waals surface area contributed by atoms with Crippen LogP contribution in [0.5, 0.6) is 5.75 Å². The van der Waals surface area contributed by atoms with E-state index in [-0.39, 0.29) is 5.56 Å². The van der Waals surface area contributed by atoms with Gasteiger partial charge < -0.3 is 10.5 Å². The Kier molecular flexibility index (Phi) is 3.84. The third kappa shape index (κ3) is 2.54. The lowest BCUT2D eigenvalue weighted by Gasteiger charge is -2.10. The first kappa shape index (κ1) is 13.8. The van der Waals surface area contributed by atoms with Crippen LogP contribution >= 0.6 is 0 Å². The number of hydrogen-bond acceptors (Lipinski definition) is 4. The zero-order chi connectivity index (χ0) is 14.7. The summed E-state index contributed by atoms with van der Waals surface area (Å²) in [5, 5.41) is 0. The Balaban J connectivity index is 2.54. The summed E-state index contributed by atoms with van der Waals surface area (Å²) in [4.78, 5) is 27.6. The molecule has 0 saturated carbocycles. The topological polar surface area (TPSA) is 87.2 Å². The lowest BCUT2D eigenvalue weighted by Crippen LogP contribution is -2.30. The fourth-order valence-corrected chi connectivity index (χ4v) is 1.86. The molecule has 0 fully saturated rings. The van der Waals surface area contributed by atoms with E-state index in [0.717, 1.165) is 0 Å².